The largest absolute Gasteiger partial charge is 0.368 e. The van der Waals surface area contributed by atoms with Crippen LogP contribution >= 0.6 is 0 Å². The van der Waals surface area contributed by atoms with E-state index in [2.05, 4.69) is 29.2 Å². The fraction of sp³-hybridized carbons (Fsp3) is 0.647. The lowest BCUT2D eigenvalue weighted by atomic mass is 9.78. The molecule has 2 heteroatoms. The number of piperidine rings is 1. The summed E-state index contributed by atoms with van der Waals surface area (Å²) in [5.41, 5.74) is 8.41. The fourth-order valence-electron chi connectivity index (χ4n) is 3.97. The molecule has 1 aliphatic carbocycles. The van der Waals surface area contributed by atoms with Crippen LogP contribution in [-0.2, 0) is 6.42 Å². The first-order valence-corrected chi connectivity index (χ1v) is 7.94. The number of rotatable bonds is 3. The molecule has 0 radical (unpaired) electrons. The Hall–Kier alpha value is -1.02. The van der Waals surface area contributed by atoms with Gasteiger partial charge in [-0.3, -0.25) is 0 Å². The average molecular weight is 258 g/mol. The molecule has 19 heavy (non-hydrogen) atoms. The lowest BCUT2D eigenvalue weighted by Crippen LogP contribution is -2.46. The number of nitrogens with zero attached hydrogens (tertiary/aromatic N) is 1. The molecule has 1 heterocycles. The highest BCUT2D eigenvalue weighted by atomic mass is 15.2. The zero-order chi connectivity index (χ0) is 13.1. The quantitative estimate of drug-likeness (QED) is 0.901. The first-order chi connectivity index (χ1) is 9.38. The highest BCUT2D eigenvalue weighted by Gasteiger charge is 2.33. The molecule has 2 fully saturated rings. The smallest absolute Gasteiger partial charge is 0.0368 e. The predicted octanol–water partition coefficient (Wildman–Crippen LogP) is 3.35. The summed E-state index contributed by atoms with van der Waals surface area (Å²) in [7, 11) is 0. The molecule has 1 aromatic carbocycles. The zero-order valence-corrected chi connectivity index (χ0v) is 11.9. The SMILES string of the molecule is NCCc1ccc(N2CCCC3CCCCC32)cc1. The molecular formula is C17H26N2. The van der Waals surface area contributed by atoms with Gasteiger partial charge < -0.3 is 10.6 Å². The second-order valence-corrected chi connectivity index (χ2v) is 6.15. The van der Waals surface area contributed by atoms with Crippen LogP contribution in [0, 0.1) is 5.92 Å². The van der Waals surface area contributed by atoms with Gasteiger partial charge in [0.25, 0.3) is 0 Å². The monoisotopic (exact) mass is 258 g/mol. The minimum Gasteiger partial charge on any atom is -0.368 e. The summed E-state index contributed by atoms with van der Waals surface area (Å²) in [5.74, 6) is 0.950. The van der Waals surface area contributed by atoms with Gasteiger partial charge in [0.1, 0.15) is 0 Å². The van der Waals surface area contributed by atoms with Crippen LogP contribution < -0.4 is 10.6 Å². The number of nitrogens with two attached hydrogens (primary N) is 1. The van der Waals surface area contributed by atoms with E-state index in [9.17, 15) is 0 Å². The third-order valence-corrected chi connectivity index (χ3v) is 4.94. The minimum atomic E-state index is 0.744. The highest BCUT2D eigenvalue weighted by Crippen LogP contribution is 2.37. The Balaban J connectivity index is 1.75. The number of fused-ring (bicyclic) bond motifs is 1. The van der Waals surface area contributed by atoms with E-state index in [1.54, 1.807) is 0 Å². The van der Waals surface area contributed by atoms with Gasteiger partial charge in [0, 0.05) is 18.3 Å². The van der Waals surface area contributed by atoms with E-state index in [1.165, 1.54) is 56.3 Å². The maximum Gasteiger partial charge on any atom is 0.0368 e. The third-order valence-electron chi connectivity index (χ3n) is 4.94. The van der Waals surface area contributed by atoms with Gasteiger partial charge in [-0.1, -0.05) is 25.0 Å². The number of anilines is 1. The molecule has 2 atom stereocenters. The van der Waals surface area contributed by atoms with Crippen molar-refractivity contribution < 1.29 is 0 Å². The minimum absolute atomic E-state index is 0.744. The van der Waals surface area contributed by atoms with Crippen LogP contribution in [0.15, 0.2) is 24.3 Å². The van der Waals surface area contributed by atoms with Crippen molar-refractivity contribution in [2.75, 3.05) is 18.0 Å². The third kappa shape index (κ3) is 2.79. The van der Waals surface area contributed by atoms with Crippen LogP contribution in [0.2, 0.25) is 0 Å². The normalized spacial score (nSPS) is 27.1. The molecule has 2 nitrogen and oxygen atoms in total. The van der Waals surface area contributed by atoms with E-state index in [0.717, 1.165) is 24.9 Å². The molecular weight excluding hydrogens is 232 g/mol. The molecule has 0 bridgehead atoms. The number of benzene rings is 1. The Morgan fingerprint density at radius 3 is 2.53 bits per heavy atom. The fourth-order valence-corrected chi connectivity index (χ4v) is 3.97. The number of hydrogen-bond acceptors (Lipinski definition) is 2. The second-order valence-electron chi connectivity index (χ2n) is 6.15. The van der Waals surface area contributed by atoms with Gasteiger partial charge in [-0.25, -0.2) is 0 Å². The van der Waals surface area contributed by atoms with E-state index < -0.39 is 0 Å². The van der Waals surface area contributed by atoms with Crippen molar-refractivity contribution in [1.29, 1.82) is 0 Å². The van der Waals surface area contributed by atoms with Gasteiger partial charge in [-0.15, -0.1) is 0 Å². The molecule has 1 saturated carbocycles. The summed E-state index contributed by atoms with van der Waals surface area (Å²) in [6, 6.07) is 9.94. The molecule has 0 amide bonds. The maximum atomic E-state index is 5.62. The van der Waals surface area contributed by atoms with Crippen LogP contribution in [-0.4, -0.2) is 19.1 Å². The van der Waals surface area contributed by atoms with E-state index in [0.29, 0.717) is 0 Å². The Kier molecular flexibility index (Phi) is 4.07. The summed E-state index contributed by atoms with van der Waals surface area (Å²) in [4.78, 5) is 2.68. The topological polar surface area (TPSA) is 29.3 Å². The Morgan fingerprint density at radius 2 is 1.74 bits per heavy atom. The van der Waals surface area contributed by atoms with E-state index in [1.807, 2.05) is 0 Å². The van der Waals surface area contributed by atoms with Crippen LogP contribution in [0.3, 0.4) is 0 Å². The van der Waals surface area contributed by atoms with Crippen LogP contribution in [0.4, 0.5) is 5.69 Å². The summed E-state index contributed by atoms with van der Waals surface area (Å²) in [6.45, 7) is 1.99. The summed E-state index contributed by atoms with van der Waals surface area (Å²) >= 11 is 0. The van der Waals surface area contributed by atoms with Gasteiger partial charge in [-0.2, -0.15) is 0 Å². The second kappa shape index (κ2) is 5.96. The van der Waals surface area contributed by atoms with E-state index in [-0.39, 0.29) is 0 Å². The Bertz CT molecular complexity index is 396. The lowest BCUT2D eigenvalue weighted by molar-refractivity contribution is 0.244. The molecule has 0 aromatic heterocycles. The van der Waals surface area contributed by atoms with Crippen molar-refractivity contribution in [2.24, 2.45) is 11.7 Å². The molecule has 1 aromatic rings. The van der Waals surface area contributed by atoms with Crippen molar-refractivity contribution in [3.05, 3.63) is 29.8 Å². The summed E-state index contributed by atoms with van der Waals surface area (Å²) < 4.78 is 0. The lowest BCUT2D eigenvalue weighted by Gasteiger charge is -2.45. The average Bonchev–Trinajstić information content (AvgIpc) is 2.48. The van der Waals surface area contributed by atoms with Gasteiger partial charge in [0.2, 0.25) is 0 Å². The van der Waals surface area contributed by atoms with Gasteiger partial charge in [0.05, 0.1) is 0 Å². The van der Waals surface area contributed by atoms with E-state index in [4.69, 9.17) is 5.73 Å². The van der Waals surface area contributed by atoms with E-state index >= 15 is 0 Å². The molecule has 2 N–H and O–H groups in total. The van der Waals surface area contributed by atoms with Crippen molar-refractivity contribution in [3.63, 3.8) is 0 Å². The molecule has 1 aliphatic heterocycles. The van der Waals surface area contributed by atoms with Crippen LogP contribution in [0.1, 0.15) is 44.1 Å². The summed E-state index contributed by atoms with van der Waals surface area (Å²) in [6.07, 6.45) is 9.53. The first-order valence-electron chi connectivity index (χ1n) is 7.94. The predicted molar refractivity (Wildman–Crippen MR) is 81.5 cm³/mol. The standard InChI is InChI=1S/C17H26N2/c18-12-11-14-7-9-16(10-8-14)19-13-3-5-15-4-1-2-6-17(15)19/h7-10,15,17H,1-6,11-13,18H2. The Morgan fingerprint density at radius 1 is 1.00 bits per heavy atom. The van der Waals surface area contributed by atoms with Gasteiger partial charge in [-0.05, 0) is 62.3 Å². The maximum absolute atomic E-state index is 5.62. The molecule has 104 valence electrons. The van der Waals surface area contributed by atoms with Crippen molar-refractivity contribution >= 4 is 5.69 Å². The zero-order valence-electron chi connectivity index (χ0n) is 11.9. The summed E-state index contributed by atoms with van der Waals surface area (Å²) in [5, 5.41) is 0. The van der Waals surface area contributed by atoms with Gasteiger partial charge in [0.15, 0.2) is 0 Å². The van der Waals surface area contributed by atoms with Gasteiger partial charge >= 0.3 is 0 Å². The molecule has 1 saturated heterocycles. The van der Waals surface area contributed by atoms with Crippen molar-refractivity contribution in [1.82, 2.24) is 0 Å². The van der Waals surface area contributed by atoms with Crippen LogP contribution in [0.5, 0.6) is 0 Å². The number of hydrogen-bond donors (Lipinski definition) is 1. The highest BCUT2D eigenvalue weighted by molar-refractivity contribution is 5.49. The molecule has 2 aliphatic rings. The van der Waals surface area contributed by atoms with Crippen LogP contribution in [0.25, 0.3) is 0 Å². The molecule has 0 spiro atoms. The molecule has 2 unspecified atom stereocenters. The van der Waals surface area contributed by atoms with Crippen molar-refractivity contribution in [2.45, 2.75) is 51.0 Å². The Labute approximate surface area is 117 Å². The van der Waals surface area contributed by atoms with Crippen molar-refractivity contribution in [3.8, 4) is 0 Å². The first kappa shape index (κ1) is 13.0. The molecule has 3 rings (SSSR count).